The summed E-state index contributed by atoms with van der Waals surface area (Å²) in [6.07, 6.45) is 8.42. The lowest BCUT2D eigenvalue weighted by Gasteiger charge is -2.21. The first-order chi connectivity index (χ1) is 10.2. The predicted molar refractivity (Wildman–Crippen MR) is 83.1 cm³/mol. The maximum absolute atomic E-state index is 12.5. The Bertz CT molecular complexity index is 465. The minimum absolute atomic E-state index is 0.0555. The highest BCUT2D eigenvalue weighted by atomic mass is 16.5. The maximum Gasteiger partial charge on any atom is 0.255 e. The standard InChI is InChI=1S/C17H25NO3/c1-20-14-10-11-15(16(12-14)21-2)17(19)18-13-8-6-4-3-5-7-9-13/h10-13H,3-9H2,1-2H3,(H,18,19). The van der Waals surface area contributed by atoms with Gasteiger partial charge in [0.1, 0.15) is 11.5 Å². The van der Waals surface area contributed by atoms with E-state index in [1.165, 1.54) is 32.1 Å². The maximum atomic E-state index is 12.5. The summed E-state index contributed by atoms with van der Waals surface area (Å²) >= 11 is 0. The number of nitrogens with one attached hydrogen (secondary N) is 1. The zero-order chi connectivity index (χ0) is 15.1. The molecule has 4 nitrogen and oxygen atoms in total. The molecule has 1 N–H and O–H groups in total. The van der Waals surface area contributed by atoms with Crippen LogP contribution < -0.4 is 14.8 Å². The van der Waals surface area contributed by atoms with Crippen LogP contribution in [-0.2, 0) is 0 Å². The summed E-state index contributed by atoms with van der Waals surface area (Å²) in [4.78, 5) is 12.5. The summed E-state index contributed by atoms with van der Waals surface area (Å²) in [5.74, 6) is 1.19. The highest BCUT2D eigenvalue weighted by molar-refractivity contribution is 5.97. The molecule has 1 aromatic carbocycles. The van der Waals surface area contributed by atoms with Crippen molar-refractivity contribution in [2.75, 3.05) is 14.2 Å². The van der Waals surface area contributed by atoms with Gasteiger partial charge >= 0.3 is 0 Å². The molecule has 0 bridgehead atoms. The Kier molecular flexibility index (Phi) is 5.90. The van der Waals surface area contributed by atoms with Crippen LogP contribution in [-0.4, -0.2) is 26.2 Å². The first-order valence-electron chi connectivity index (χ1n) is 7.77. The normalized spacial score (nSPS) is 16.7. The van der Waals surface area contributed by atoms with E-state index >= 15 is 0 Å². The van der Waals surface area contributed by atoms with Crippen molar-refractivity contribution < 1.29 is 14.3 Å². The van der Waals surface area contributed by atoms with Gasteiger partial charge in [-0.1, -0.05) is 32.1 Å². The summed E-state index contributed by atoms with van der Waals surface area (Å²) in [5, 5.41) is 3.16. The lowest BCUT2D eigenvalue weighted by molar-refractivity contribution is 0.0927. The second-order valence-electron chi connectivity index (χ2n) is 5.58. The van der Waals surface area contributed by atoms with Gasteiger partial charge in [0.2, 0.25) is 0 Å². The van der Waals surface area contributed by atoms with Gasteiger partial charge in [-0.05, 0) is 25.0 Å². The Morgan fingerprint density at radius 1 is 1.05 bits per heavy atom. The fourth-order valence-electron chi connectivity index (χ4n) is 2.85. The molecule has 0 heterocycles. The Balaban J connectivity index is 2.04. The smallest absolute Gasteiger partial charge is 0.255 e. The molecule has 0 radical (unpaired) electrons. The van der Waals surface area contributed by atoms with E-state index in [0.29, 0.717) is 17.1 Å². The number of hydrogen-bond acceptors (Lipinski definition) is 3. The van der Waals surface area contributed by atoms with E-state index in [-0.39, 0.29) is 11.9 Å². The molecule has 1 amide bonds. The third-order valence-electron chi connectivity index (χ3n) is 4.09. The summed E-state index contributed by atoms with van der Waals surface area (Å²) in [5.41, 5.74) is 0.570. The molecule has 4 heteroatoms. The van der Waals surface area contributed by atoms with Crippen molar-refractivity contribution in [3.63, 3.8) is 0 Å². The topological polar surface area (TPSA) is 47.6 Å². The monoisotopic (exact) mass is 291 g/mol. The fourth-order valence-corrected chi connectivity index (χ4v) is 2.85. The van der Waals surface area contributed by atoms with Crippen molar-refractivity contribution in [1.82, 2.24) is 5.32 Å². The molecule has 0 aliphatic heterocycles. The highest BCUT2D eigenvalue weighted by Gasteiger charge is 2.18. The van der Waals surface area contributed by atoms with Gasteiger partial charge in [-0.15, -0.1) is 0 Å². The van der Waals surface area contributed by atoms with Gasteiger partial charge in [0.15, 0.2) is 0 Å². The van der Waals surface area contributed by atoms with Gasteiger partial charge in [0, 0.05) is 12.1 Å². The molecular weight excluding hydrogens is 266 g/mol. The van der Waals surface area contributed by atoms with E-state index < -0.39 is 0 Å². The lowest BCUT2D eigenvalue weighted by Crippen LogP contribution is -2.35. The van der Waals surface area contributed by atoms with Crippen LogP contribution in [0.4, 0.5) is 0 Å². The predicted octanol–water partition coefficient (Wildman–Crippen LogP) is 3.55. The van der Waals surface area contributed by atoms with E-state index in [1.54, 1.807) is 32.4 Å². The number of ether oxygens (including phenoxy) is 2. The second-order valence-corrected chi connectivity index (χ2v) is 5.58. The molecule has 21 heavy (non-hydrogen) atoms. The van der Waals surface area contributed by atoms with Crippen LogP contribution >= 0.6 is 0 Å². The minimum Gasteiger partial charge on any atom is -0.497 e. The van der Waals surface area contributed by atoms with Crippen molar-refractivity contribution >= 4 is 5.91 Å². The Morgan fingerprint density at radius 3 is 2.33 bits per heavy atom. The first kappa shape index (κ1) is 15.7. The number of carbonyl (C=O) groups is 1. The first-order valence-corrected chi connectivity index (χ1v) is 7.77. The van der Waals surface area contributed by atoms with Gasteiger partial charge in [0.05, 0.1) is 19.8 Å². The molecule has 0 spiro atoms. The summed E-state index contributed by atoms with van der Waals surface area (Å²) in [6, 6.07) is 5.57. The second kappa shape index (κ2) is 7.91. The lowest BCUT2D eigenvalue weighted by atomic mass is 9.96. The zero-order valence-electron chi connectivity index (χ0n) is 13.0. The minimum atomic E-state index is -0.0555. The summed E-state index contributed by atoms with van der Waals surface area (Å²) in [6.45, 7) is 0. The average molecular weight is 291 g/mol. The van der Waals surface area contributed by atoms with Gasteiger partial charge in [-0.2, -0.15) is 0 Å². The molecular formula is C17H25NO3. The molecule has 1 saturated carbocycles. The third kappa shape index (κ3) is 4.38. The number of benzene rings is 1. The Hall–Kier alpha value is -1.71. The van der Waals surface area contributed by atoms with Gasteiger partial charge in [-0.25, -0.2) is 0 Å². The van der Waals surface area contributed by atoms with Gasteiger partial charge in [0.25, 0.3) is 5.91 Å². The molecule has 0 saturated heterocycles. The summed E-state index contributed by atoms with van der Waals surface area (Å²) in [7, 11) is 3.17. The fraction of sp³-hybridized carbons (Fsp3) is 0.588. The van der Waals surface area contributed by atoms with Crippen LogP contribution in [0.3, 0.4) is 0 Å². The van der Waals surface area contributed by atoms with Crippen LogP contribution in [0.2, 0.25) is 0 Å². The molecule has 1 aliphatic carbocycles. The Morgan fingerprint density at radius 2 is 1.71 bits per heavy atom. The van der Waals surface area contributed by atoms with Crippen molar-refractivity contribution in [1.29, 1.82) is 0 Å². The molecule has 1 aromatic rings. The van der Waals surface area contributed by atoms with E-state index in [4.69, 9.17) is 9.47 Å². The van der Waals surface area contributed by atoms with Crippen LogP contribution in [0.25, 0.3) is 0 Å². The number of methoxy groups -OCH3 is 2. The van der Waals surface area contributed by atoms with Crippen molar-refractivity contribution in [3.05, 3.63) is 23.8 Å². The van der Waals surface area contributed by atoms with Crippen LogP contribution in [0.15, 0.2) is 18.2 Å². The van der Waals surface area contributed by atoms with Crippen molar-refractivity contribution in [3.8, 4) is 11.5 Å². The molecule has 0 unspecified atom stereocenters. The van der Waals surface area contributed by atoms with Gasteiger partial charge in [-0.3, -0.25) is 4.79 Å². The SMILES string of the molecule is COc1ccc(C(=O)NC2CCCCCCC2)c(OC)c1. The molecule has 1 fully saturated rings. The van der Waals surface area contributed by atoms with E-state index in [1.807, 2.05) is 0 Å². The summed E-state index contributed by atoms with van der Waals surface area (Å²) < 4.78 is 10.5. The van der Waals surface area contributed by atoms with Crippen LogP contribution in [0, 0.1) is 0 Å². The van der Waals surface area contributed by atoms with E-state index in [2.05, 4.69) is 5.32 Å². The Labute approximate surface area is 126 Å². The van der Waals surface area contributed by atoms with Crippen molar-refractivity contribution in [2.45, 2.75) is 51.0 Å². The highest BCUT2D eigenvalue weighted by Crippen LogP contribution is 2.25. The van der Waals surface area contributed by atoms with Gasteiger partial charge < -0.3 is 14.8 Å². The quantitative estimate of drug-likeness (QED) is 0.923. The molecule has 0 aromatic heterocycles. The number of amides is 1. The van der Waals surface area contributed by atoms with E-state index in [0.717, 1.165) is 12.8 Å². The zero-order valence-corrected chi connectivity index (χ0v) is 13.0. The molecule has 2 rings (SSSR count). The number of hydrogen-bond donors (Lipinski definition) is 1. The molecule has 1 aliphatic rings. The number of rotatable bonds is 4. The van der Waals surface area contributed by atoms with Crippen molar-refractivity contribution in [2.24, 2.45) is 0 Å². The van der Waals surface area contributed by atoms with Crippen LogP contribution in [0.1, 0.15) is 55.3 Å². The third-order valence-corrected chi connectivity index (χ3v) is 4.09. The van der Waals surface area contributed by atoms with Crippen LogP contribution in [0.5, 0.6) is 11.5 Å². The van der Waals surface area contributed by atoms with E-state index in [9.17, 15) is 4.79 Å². The average Bonchev–Trinajstić information content (AvgIpc) is 2.49. The molecule has 0 atom stereocenters. The number of carbonyl (C=O) groups excluding carboxylic acids is 1. The largest absolute Gasteiger partial charge is 0.497 e. The molecule has 116 valence electrons.